The Morgan fingerprint density at radius 3 is 2.45 bits per heavy atom. The van der Waals surface area contributed by atoms with Crippen LogP contribution in [0.15, 0.2) is 76.9 Å². The van der Waals surface area contributed by atoms with Crippen molar-refractivity contribution in [1.29, 1.82) is 0 Å². The van der Waals surface area contributed by atoms with Crippen LogP contribution in [0.3, 0.4) is 0 Å². The summed E-state index contributed by atoms with van der Waals surface area (Å²) < 4.78 is 5.27. The molecule has 0 unspecified atom stereocenters. The van der Waals surface area contributed by atoms with E-state index >= 15 is 0 Å². The summed E-state index contributed by atoms with van der Waals surface area (Å²) in [4.78, 5) is 12.1. The molecule has 0 saturated heterocycles. The Labute approximate surface area is 197 Å². The Hall–Kier alpha value is -2.03. The lowest BCUT2D eigenvalue weighted by atomic mass is 9.72. The Kier molecular flexibility index (Phi) is 9.40. The summed E-state index contributed by atoms with van der Waals surface area (Å²) in [7, 11) is 0. The molecule has 0 fully saturated rings. The number of hydrogen-bond acceptors (Lipinski definition) is 2. The third kappa shape index (κ3) is 7.87. The van der Waals surface area contributed by atoms with E-state index < -0.39 is 5.97 Å². The molecule has 1 aromatic carbocycles. The number of halogens is 2. The van der Waals surface area contributed by atoms with Gasteiger partial charge in [0.05, 0.1) is 0 Å². The summed E-state index contributed by atoms with van der Waals surface area (Å²) in [6.45, 7) is 10.9. The number of benzene rings is 1. The summed E-state index contributed by atoms with van der Waals surface area (Å²) in [6, 6.07) is 5.19. The highest BCUT2D eigenvalue weighted by Gasteiger charge is 2.26. The highest BCUT2D eigenvalue weighted by Crippen LogP contribution is 2.40. The molecule has 0 bridgehead atoms. The van der Waals surface area contributed by atoms with Crippen molar-refractivity contribution < 1.29 is 9.53 Å². The fourth-order valence-corrected chi connectivity index (χ4v) is 4.23. The van der Waals surface area contributed by atoms with Crippen LogP contribution in [-0.2, 0) is 16.1 Å². The Bertz CT molecular complexity index is 939. The van der Waals surface area contributed by atoms with E-state index in [9.17, 15) is 4.79 Å². The second-order valence-corrected chi connectivity index (χ2v) is 9.55. The van der Waals surface area contributed by atoms with Crippen LogP contribution in [0.1, 0.15) is 59.4 Å². The van der Waals surface area contributed by atoms with Crippen molar-refractivity contribution in [3.05, 3.63) is 92.6 Å². The second-order valence-electron chi connectivity index (χ2n) is 8.73. The number of esters is 1. The van der Waals surface area contributed by atoms with Crippen molar-refractivity contribution in [3.63, 3.8) is 0 Å². The lowest BCUT2D eigenvalue weighted by Gasteiger charge is -2.32. The van der Waals surface area contributed by atoms with Crippen LogP contribution in [0.5, 0.6) is 0 Å². The van der Waals surface area contributed by atoms with Gasteiger partial charge >= 0.3 is 5.97 Å². The summed E-state index contributed by atoms with van der Waals surface area (Å²) in [6.07, 6.45) is 15.4. The van der Waals surface area contributed by atoms with Crippen LogP contribution in [0.2, 0.25) is 10.0 Å². The van der Waals surface area contributed by atoms with Gasteiger partial charge in [0.25, 0.3) is 0 Å². The van der Waals surface area contributed by atoms with Gasteiger partial charge in [-0.15, -0.1) is 0 Å². The third-order valence-electron chi connectivity index (χ3n) is 5.54. The molecule has 0 spiro atoms. The number of carbonyl (C=O) groups is 1. The number of carbonyl (C=O) groups excluding carboxylic acids is 1. The van der Waals surface area contributed by atoms with Crippen LogP contribution >= 0.6 is 23.2 Å². The number of rotatable bonds is 7. The average Bonchev–Trinajstić information content (AvgIpc) is 2.66. The highest BCUT2D eigenvalue weighted by molar-refractivity contribution is 6.35. The van der Waals surface area contributed by atoms with Crippen molar-refractivity contribution in [3.8, 4) is 0 Å². The first-order valence-electron chi connectivity index (χ1n) is 10.6. The van der Waals surface area contributed by atoms with Gasteiger partial charge in [0.15, 0.2) is 0 Å². The van der Waals surface area contributed by atoms with Crippen molar-refractivity contribution in [1.82, 2.24) is 0 Å². The lowest BCUT2D eigenvalue weighted by Crippen LogP contribution is -2.19. The number of allylic oxidation sites excluding steroid dienone is 9. The Morgan fingerprint density at radius 1 is 1.13 bits per heavy atom. The van der Waals surface area contributed by atoms with E-state index in [0.717, 1.165) is 11.1 Å². The zero-order chi connectivity index (χ0) is 23.0. The minimum atomic E-state index is -0.430. The van der Waals surface area contributed by atoms with E-state index in [4.69, 9.17) is 27.9 Å². The van der Waals surface area contributed by atoms with Crippen molar-refractivity contribution in [2.24, 2.45) is 5.41 Å². The minimum Gasteiger partial charge on any atom is -0.458 e. The SMILES string of the molecule is CC1=C(/C=C/C(C)=C/C=C/C(C)=C/C(=O)OCc2c(Cl)cccc2Cl)C(C)(C)CCC1. The van der Waals surface area contributed by atoms with Crippen LogP contribution < -0.4 is 0 Å². The molecule has 0 N–H and O–H groups in total. The molecular weight excluding hydrogens is 427 g/mol. The first kappa shape index (κ1) is 25.2. The fourth-order valence-electron chi connectivity index (χ4n) is 3.72. The summed E-state index contributed by atoms with van der Waals surface area (Å²) >= 11 is 12.2. The predicted molar refractivity (Wildman–Crippen MR) is 132 cm³/mol. The molecule has 1 aliphatic rings. The molecule has 2 nitrogen and oxygen atoms in total. The van der Waals surface area contributed by atoms with E-state index in [1.54, 1.807) is 18.2 Å². The largest absolute Gasteiger partial charge is 0.458 e. The first-order valence-corrected chi connectivity index (χ1v) is 11.4. The van der Waals surface area contributed by atoms with E-state index in [2.05, 4.69) is 39.8 Å². The van der Waals surface area contributed by atoms with Crippen LogP contribution in [0.4, 0.5) is 0 Å². The van der Waals surface area contributed by atoms with Gasteiger partial charge in [-0.25, -0.2) is 4.79 Å². The van der Waals surface area contributed by atoms with Crippen molar-refractivity contribution >= 4 is 29.2 Å². The molecule has 0 saturated carbocycles. The predicted octanol–water partition coefficient (Wildman–Crippen LogP) is 8.57. The van der Waals surface area contributed by atoms with E-state index in [0.29, 0.717) is 15.6 Å². The third-order valence-corrected chi connectivity index (χ3v) is 6.25. The van der Waals surface area contributed by atoms with Gasteiger partial charge in [0.2, 0.25) is 0 Å². The Morgan fingerprint density at radius 2 is 1.81 bits per heavy atom. The standard InChI is InChI=1S/C27H32Cl2O2/c1-19(14-15-23-21(3)11-8-16-27(23,4)5)9-6-10-20(2)17-26(30)31-18-22-24(28)12-7-13-25(22)29/h6-7,9-10,12-15,17H,8,11,16,18H2,1-5H3/b10-6+,15-14+,19-9+,20-17+. The average molecular weight is 459 g/mol. The molecule has 2 rings (SSSR count). The lowest BCUT2D eigenvalue weighted by molar-refractivity contribution is -0.139. The van der Waals surface area contributed by atoms with Gasteiger partial charge in [-0.05, 0) is 68.7 Å². The molecule has 0 radical (unpaired) electrons. The topological polar surface area (TPSA) is 26.3 Å². The molecule has 0 atom stereocenters. The van der Waals surface area contributed by atoms with Crippen molar-refractivity contribution in [2.75, 3.05) is 0 Å². The molecule has 0 aromatic heterocycles. The van der Waals surface area contributed by atoms with Crippen LogP contribution in [0, 0.1) is 5.41 Å². The zero-order valence-electron chi connectivity index (χ0n) is 19.1. The maximum absolute atomic E-state index is 12.1. The van der Waals surface area contributed by atoms with Gasteiger partial charge in [-0.1, -0.05) is 84.6 Å². The summed E-state index contributed by atoms with van der Waals surface area (Å²) in [5.74, 6) is -0.430. The molecule has 0 amide bonds. The van der Waals surface area contributed by atoms with Gasteiger partial charge in [0.1, 0.15) is 6.61 Å². The van der Waals surface area contributed by atoms with Gasteiger partial charge in [0, 0.05) is 21.7 Å². The molecular formula is C27H32Cl2O2. The van der Waals surface area contributed by atoms with Gasteiger partial charge < -0.3 is 4.74 Å². The van der Waals surface area contributed by atoms with E-state index in [1.165, 1.54) is 36.5 Å². The molecule has 0 heterocycles. The van der Waals surface area contributed by atoms with E-state index in [-0.39, 0.29) is 12.0 Å². The normalized spacial score (nSPS) is 17.6. The van der Waals surface area contributed by atoms with Crippen LogP contribution in [0.25, 0.3) is 0 Å². The molecule has 0 aliphatic heterocycles. The monoisotopic (exact) mass is 458 g/mol. The van der Waals surface area contributed by atoms with Gasteiger partial charge in [-0.2, -0.15) is 0 Å². The molecule has 31 heavy (non-hydrogen) atoms. The van der Waals surface area contributed by atoms with Crippen LogP contribution in [-0.4, -0.2) is 5.97 Å². The number of hydrogen-bond donors (Lipinski definition) is 0. The van der Waals surface area contributed by atoms with Gasteiger partial charge in [-0.3, -0.25) is 0 Å². The second kappa shape index (κ2) is 11.5. The highest BCUT2D eigenvalue weighted by atomic mass is 35.5. The summed E-state index contributed by atoms with van der Waals surface area (Å²) in [5.41, 5.74) is 5.75. The van der Waals surface area contributed by atoms with Crippen molar-refractivity contribution in [2.45, 2.75) is 60.5 Å². The smallest absolute Gasteiger partial charge is 0.331 e. The maximum Gasteiger partial charge on any atom is 0.331 e. The minimum absolute atomic E-state index is 0.0419. The van der Waals surface area contributed by atoms with E-state index in [1.807, 2.05) is 25.2 Å². The molecule has 166 valence electrons. The first-order chi connectivity index (χ1) is 14.6. The molecule has 1 aromatic rings. The molecule has 4 heteroatoms. The summed E-state index contributed by atoms with van der Waals surface area (Å²) in [5, 5.41) is 0.967. The zero-order valence-corrected chi connectivity index (χ0v) is 20.6. The Balaban J connectivity index is 1.94. The quantitative estimate of drug-likeness (QED) is 0.232. The fraction of sp³-hybridized carbons (Fsp3) is 0.370. The molecule has 1 aliphatic carbocycles. The number of ether oxygens (including phenoxy) is 1. The maximum atomic E-state index is 12.1.